The number of carbonyl (C=O) groups is 1. The molecule has 0 bridgehead atoms. The van der Waals surface area contributed by atoms with Gasteiger partial charge in [0.1, 0.15) is 5.82 Å². The number of hydrogen-bond donors (Lipinski definition) is 2. The fourth-order valence-corrected chi connectivity index (χ4v) is 1.47. The fourth-order valence-electron chi connectivity index (χ4n) is 1.33. The topological polar surface area (TPSA) is 41.1 Å². The smallest absolute Gasteiger partial charge is 0.251 e. The van der Waals surface area contributed by atoms with Crippen molar-refractivity contribution in [3.63, 3.8) is 0 Å². The van der Waals surface area contributed by atoms with Crippen LogP contribution in [0.3, 0.4) is 0 Å². The molecule has 0 unspecified atom stereocenters. The lowest BCUT2D eigenvalue weighted by Crippen LogP contribution is -2.31. The van der Waals surface area contributed by atoms with E-state index in [4.69, 9.17) is 11.8 Å². The average Bonchev–Trinajstić information content (AvgIpc) is 2.20. The molecule has 5 heteroatoms. The molecule has 0 heterocycles. The van der Waals surface area contributed by atoms with E-state index in [2.05, 4.69) is 10.2 Å². The maximum atomic E-state index is 13.1. The van der Waals surface area contributed by atoms with Gasteiger partial charge in [-0.25, -0.2) is 9.23 Å². The highest BCUT2D eigenvalue weighted by Crippen LogP contribution is 2.12. The third kappa shape index (κ3) is 3.47. The summed E-state index contributed by atoms with van der Waals surface area (Å²) in [7, 11) is 0. The Morgan fingerprint density at radius 3 is 2.75 bits per heavy atom. The maximum absolute atomic E-state index is 13.1. The van der Waals surface area contributed by atoms with Crippen molar-refractivity contribution in [1.82, 2.24) is 10.2 Å². The van der Waals surface area contributed by atoms with E-state index in [0.29, 0.717) is 17.7 Å². The van der Waals surface area contributed by atoms with E-state index in [1.807, 2.05) is 13.8 Å². The molecule has 1 rings (SSSR count). The molecule has 1 aromatic rings. The number of hydrogen-bond acceptors (Lipinski definition) is 2. The van der Waals surface area contributed by atoms with Crippen LogP contribution in [0.15, 0.2) is 18.2 Å². The molecule has 0 radical (unpaired) electrons. The van der Waals surface area contributed by atoms with E-state index >= 15 is 0 Å². The average molecular weight is 245 g/mol. The molecular weight excluding hydrogens is 231 g/mol. The lowest BCUT2D eigenvalue weighted by molar-refractivity contribution is 0.0941. The minimum atomic E-state index is -0.438. The Morgan fingerprint density at radius 2 is 2.19 bits per heavy atom. The van der Waals surface area contributed by atoms with Crippen molar-refractivity contribution in [2.45, 2.75) is 26.4 Å². The molecule has 0 fully saturated rings. The van der Waals surface area contributed by atoms with Gasteiger partial charge in [-0.3, -0.25) is 4.79 Å². The Hall–Kier alpha value is -1.13. The lowest BCUT2D eigenvalue weighted by Gasteiger charge is -2.11. The Labute approximate surface area is 99.1 Å². The predicted octanol–water partition coefficient (Wildman–Crippen LogP) is 2.21. The summed E-state index contributed by atoms with van der Waals surface area (Å²) in [6.45, 7) is 4.00. The number of amides is 1. The molecule has 0 spiro atoms. The Morgan fingerprint density at radius 1 is 1.50 bits per heavy atom. The van der Waals surface area contributed by atoms with Gasteiger partial charge < -0.3 is 5.32 Å². The summed E-state index contributed by atoms with van der Waals surface area (Å²) in [6, 6.07) is 4.06. The SMILES string of the molecule is CC(C)NC(=O)c1cc(F)ccc1CNCl. The molecular formula is C11H14ClFN2O. The summed E-state index contributed by atoms with van der Waals surface area (Å²) in [5, 5.41) is 2.71. The van der Waals surface area contributed by atoms with Gasteiger partial charge in [-0.05, 0) is 43.3 Å². The zero-order valence-electron chi connectivity index (χ0n) is 9.18. The van der Waals surface area contributed by atoms with Crippen LogP contribution in [0.2, 0.25) is 0 Å². The Balaban J connectivity index is 2.99. The van der Waals surface area contributed by atoms with E-state index in [1.54, 1.807) is 6.07 Å². The highest BCUT2D eigenvalue weighted by Gasteiger charge is 2.12. The van der Waals surface area contributed by atoms with Crippen LogP contribution in [0.1, 0.15) is 29.8 Å². The Bertz CT molecular complexity index is 382. The van der Waals surface area contributed by atoms with Crippen molar-refractivity contribution in [2.75, 3.05) is 0 Å². The maximum Gasteiger partial charge on any atom is 0.251 e. The minimum Gasteiger partial charge on any atom is -0.350 e. The van der Waals surface area contributed by atoms with Crippen molar-refractivity contribution in [3.05, 3.63) is 35.1 Å². The predicted molar refractivity (Wildman–Crippen MR) is 61.7 cm³/mol. The van der Waals surface area contributed by atoms with Crippen LogP contribution in [0, 0.1) is 5.82 Å². The molecule has 0 saturated carbocycles. The van der Waals surface area contributed by atoms with Gasteiger partial charge in [-0.2, -0.15) is 0 Å². The van der Waals surface area contributed by atoms with Gasteiger partial charge in [-0.15, -0.1) is 0 Å². The monoisotopic (exact) mass is 244 g/mol. The number of halogens is 2. The van der Waals surface area contributed by atoms with Crippen molar-refractivity contribution in [1.29, 1.82) is 0 Å². The van der Waals surface area contributed by atoms with Gasteiger partial charge in [0.15, 0.2) is 0 Å². The summed E-state index contributed by atoms with van der Waals surface area (Å²) in [6.07, 6.45) is 0. The third-order valence-corrected chi connectivity index (χ3v) is 2.13. The summed E-state index contributed by atoms with van der Waals surface area (Å²) in [4.78, 5) is 14.2. The van der Waals surface area contributed by atoms with Crippen molar-refractivity contribution < 1.29 is 9.18 Å². The first-order chi connectivity index (χ1) is 7.54. The van der Waals surface area contributed by atoms with Crippen LogP contribution < -0.4 is 10.2 Å². The van der Waals surface area contributed by atoms with E-state index < -0.39 is 5.82 Å². The fraction of sp³-hybridized carbons (Fsp3) is 0.364. The van der Waals surface area contributed by atoms with Crippen LogP contribution in [-0.4, -0.2) is 11.9 Å². The van der Waals surface area contributed by atoms with E-state index in [1.165, 1.54) is 12.1 Å². The first-order valence-electron chi connectivity index (χ1n) is 4.97. The van der Waals surface area contributed by atoms with E-state index in [0.717, 1.165) is 0 Å². The first-order valence-corrected chi connectivity index (χ1v) is 5.35. The van der Waals surface area contributed by atoms with Crippen LogP contribution in [-0.2, 0) is 6.54 Å². The van der Waals surface area contributed by atoms with Crippen molar-refractivity contribution in [3.8, 4) is 0 Å². The summed E-state index contributed by atoms with van der Waals surface area (Å²) in [5.41, 5.74) is 0.969. The second-order valence-electron chi connectivity index (χ2n) is 3.74. The highest BCUT2D eigenvalue weighted by atomic mass is 35.5. The van der Waals surface area contributed by atoms with Crippen LogP contribution in [0.5, 0.6) is 0 Å². The van der Waals surface area contributed by atoms with Gasteiger partial charge in [0.2, 0.25) is 0 Å². The molecule has 3 nitrogen and oxygen atoms in total. The number of nitrogens with one attached hydrogen (secondary N) is 2. The molecule has 1 amide bonds. The molecule has 0 aliphatic heterocycles. The molecule has 0 aromatic heterocycles. The van der Waals surface area contributed by atoms with E-state index in [-0.39, 0.29) is 11.9 Å². The van der Waals surface area contributed by atoms with Gasteiger partial charge in [0.05, 0.1) is 0 Å². The normalized spacial score (nSPS) is 10.6. The standard InChI is InChI=1S/C11H14ClFN2O/c1-7(2)15-11(16)10-5-9(13)4-3-8(10)6-14-12/h3-5,7,14H,6H2,1-2H3,(H,15,16). The van der Waals surface area contributed by atoms with E-state index in [9.17, 15) is 9.18 Å². The number of carbonyl (C=O) groups excluding carboxylic acids is 1. The molecule has 0 aliphatic rings. The third-order valence-electron chi connectivity index (χ3n) is 1.99. The van der Waals surface area contributed by atoms with Crippen LogP contribution in [0.25, 0.3) is 0 Å². The second kappa shape index (κ2) is 5.82. The van der Waals surface area contributed by atoms with Crippen molar-refractivity contribution >= 4 is 17.7 Å². The van der Waals surface area contributed by atoms with Gasteiger partial charge in [0.25, 0.3) is 5.91 Å². The summed E-state index contributed by atoms with van der Waals surface area (Å²) >= 11 is 5.38. The zero-order valence-corrected chi connectivity index (χ0v) is 9.94. The van der Waals surface area contributed by atoms with Crippen LogP contribution in [0.4, 0.5) is 4.39 Å². The van der Waals surface area contributed by atoms with Crippen LogP contribution >= 0.6 is 11.8 Å². The molecule has 0 aliphatic carbocycles. The molecule has 0 atom stereocenters. The van der Waals surface area contributed by atoms with Gasteiger partial charge in [-0.1, -0.05) is 6.07 Å². The molecule has 88 valence electrons. The number of benzene rings is 1. The number of rotatable bonds is 4. The second-order valence-corrected chi connectivity index (χ2v) is 4.01. The molecule has 1 aromatic carbocycles. The lowest BCUT2D eigenvalue weighted by atomic mass is 10.1. The Kier molecular flexibility index (Phi) is 4.71. The zero-order chi connectivity index (χ0) is 12.1. The van der Waals surface area contributed by atoms with Crippen molar-refractivity contribution in [2.24, 2.45) is 0 Å². The quantitative estimate of drug-likeness (QED) is 0.798. The minimum absolute atomic E-state index is 0.00702. The largest absolute Gasteiger partial charge is 0.350 e. The summed E-state index contributed by atoms with van der Waals surface area (Å²) < 4.78 is 13.1. The highest BCUT2D eigenvalue weighted by molar-refractivity contribution is 6.13. The molecule has 2 N–H and O–H groups in total. The van der Waals surface area contributed by atoms with Gasteiger partial charge >= 0.3 is 0 Å². The molecule has 16 heavy (non-hydrogen) atoms. The van der Waals surface area contributed by atoms with Gasteiger partial charge in [0, 0.05) is 18.2 Å². The molecule has 0 saturated heterocycles. The summed E-state index contributed by atoms with van der Waals surface area (Å²) in [5.74, 6) is -0.733. The first kappa shape index (κ1) is 12.9.